The molecule has 1 atom stereocenters. The summed E-state index contributed by atoms with van der Waals surface area (Å²) in [5.74, 6) is 0.358. The average Bonchev–Trinajstić information content (AvgIpc) is 2.12. The van der Waals surface area contributed by atoms with Gasteiger partial charge in [-0.2, -0.15) is 0 Å². The molecule has 0 saturated carbocycles. The van der Waals surface area contributed by atoms with Crippen LogP contribution in [0.2, 0.25) is 0 Å². The predicted molar refractivity (Wildman–Crippen MR) is 64.4 cm³/mol. The Kier molecular flexibility index (Phi) is 6.40. The molecule has 0 aliphatic carbocycles. The maximum atomic E-state index is 12.0. The van der Waals surface area contributed by atoms with Crippen molar-refractivity contribution in [1.29, 1.82) is 0 Å². The third kappa shape index (κ3) is 4.95. The van der Waals surface area contributed by atoms with Gasteiger partial charge in [-0.1, -0.05) is 20.8 Å². The van der Waals surface area contributed by atoms with E-state index >= 15 is 0 Å². The van der Waals surface area contributed by atoms with E-state index in [0.717, 1.165) is 6.54 Å². The lowest BCUT2D eigenvalue weighted by Crippen LogP contribution is -2.41. The van der Waals surface area contributed by atoms with Crippen LogP contribution in [0.3, 0.4) is 0 Å². The summed E-state index contributed by atoms with van der Waals surface area (Å²) >= 11 is 0. The molecule has 1 N–H and O–H groups in total. The maximum Gasteiger partial charge on any atom is 0.217 e. The van der Waals surface area contributed by atoms with Gasteiger partial charge in [0.1, 0.15) is 0 Å². The molecule has 0 bridgehead atoms. The van der Waals surface area contributed by atoms with Gasteiger partial charge in [-0.25, -0.2) is 12.7 Å². The normalized spacial score (nSPS) is 14.9. The minimum Gasteiger partial charge on any atom is -0.316 e. The SMILES string of the molecule is CCNCC(C)S(=O)(=O)N(C)CC(C)C. The fourth-order valence-electron chi connectivity index (χ4n) is 1.38. The Labute approximate surface area is 94.1 Å². The van der Waals surface area contributed by atoms with Crippen molar-refractivity contribution in [3.8, 4) is 0 Å². The molecule has 92 valence electrons. The molecule has 0 rings (SSSR count). The van der Waals surface area contributed by atoms with Gasteiger partial charge in [0, 0.05) is 20.1 Å². The summed E-state index contributed by atoms with van der Waals surface area (Å²) in [5, 5.41) is 2.70. The zero-order valence-corrected chi connectivity index (χ0v) is 11.3. The van der Waals surface area contributed by atoms with Crippen LogP contribution >= 0.6 is 0 Å². The van der Waals surface area contributed by atoms with Gasteiger partial charge in [-0.3, -0.25) is 0 Å². The maximum absolute atomic E-state index is 12.0. The smallest absolute Gasteiger partial charge is 0.217 e. The Bertz CT molecular complexity index is 263. The highest BCUT2D eigenvalue weighted by atomic mass is 32.2. The van der Waals surface area contributed by atoms with E-state index in [9.17, 15) is 8.42 Å². The summed E-state index contributed by atoms with van der Waals surface area (Å²) in [6.45, 7) is 9.64. The van der Waals surface area contributed by atoms with Crippen molar-refractivity contribution in [2.45, 2.75) is 32.9 Å². The lowest BCUT2D eigenvalue weighted by Gasteiger charge is -2.23. The molecule has 0 aromatic carbocycles. The molecular formula is C10H24N2O2S. The van der Waals surface area contributed by atoms with E-state index in [-0.39, 0.29) is 5.25 Å². The zero-order valence-electron chi connectivity index (χ0n) is 10.4. The number of hydrogen-bond donors (Lipinski definition) is 1. The largest absolute Gasteiger partial charge is 0.316 e. The van der Waals surface area contributed by atoms with Gasteiger partial charge in [-0.05, 0) is 19.4 Å². The second-order valence-corrected chi connectivity index (χ2v) is 6.80. The van der Waals surface area contributed by atoms with E-state index < -0.39 is 10.0 Å². The lowest BCUT2D eigenvalue weighted by atomic mass is 10.2. The van der Waals surface area contributed by atoms with Crippen LogP contribution in [0.5, 0.6) is 0 Å². The number of sulfonamides is 1. The van der Waals surface area contributed by atoms with Gasteiger partial charge in [-0.15, -0.1) is 0 Å². The molecule has 0 aliphatic heterocycles. The lowest BCUT2D eigenvalue weighted by molar-refractivity contribution is 0.410. The number of nitrogens with one attached hydrogen (secondary N) is 1. The highest BCUT2D eigenvalue weighted by molar-refractivity contribution is 7.89. The Morgan fingerprint density at radius 2 is 1.80 bits per heavy atom. The van der Waals surface area contributed by atoms with Crippen molar-refractivity contribution in [2.75, 3.05) is 26.7 Å². The van der Waals surface area contributed by atoms with E-state index in [4.69, 9.17) is 0 Å². The van der Waals surface area contributed by atoms with Crippen LogP contribution in [0.4, 0.5) is 0 Å². The number of hydrogen-bond acceptors (Lipinski definition) is 3. The van der Waals surface area contributed by atoms with Crippen molar-refractivity contribution in [2.24, 2.45) is 5.92 Å². The molecule has 1 unspecified atom stereocenters. The molecule has 0 saturated heterocycles. The van der Waals surface area contributed by atoms with Crippen molar-refractivity contribution in [3.63, 3.8) is 0 Å². The zero-order chi connectivity index (χ0) is 12.1. The van der Waals surface area contributed by atoms with Crippen molar-refractivity contribution < 1.29 is 8.42 Å². The summed E-state index contributed by atoms with van der Waals surface area (Å²) in [6, 6.07) is 0. The molecule has 0 aromatic rings. The molecule has 0 aromatic heterocycles. The quantitative estimate of drug-likeness (QED) is 0.714. The Hall–Kier alpha value is -0.130. The number of nitrogens with zero attached hydrogens (tertiary/aromatic N) is 1. The first-order valence-corrected chi connectivity index (χ1v) is 6.98. The molecule has 0 heterocycles. The first-order chi connectivity index (χ1) is 6.82. The average molecular weight is 236 g/mol. The standard InChI is InChI=1S/C10H24N2O2S/c1-6-11-7-10(4)15(13,14)12(5)8-9(2)3/h9-11H,6-8H2,1-5H3. The van der Waals surface area contributed by atoms with Crippen LogP contribution in [-0.2, 0) is 10.0 Å². The van der Waals surface area contributed by atoms with E-state index in [1.807, 2.05) is 20.8 Å². The third-order valence-electron chi connectivity index (χ3n) is 2.25. The molecule has 0 spiro atoms. The van der Waals surface area contributed by atoms with Gasteiger partial charge >= 0.3 is 0 Å². The molecule has 0 amide bonds. The van der Waals surface area contributed by atoms with E-state index in [0.29, 0.717) is 19.0 Å². The fraction of sp³-hybridized carbons (Fsp3) is 1.00. The van der Waals surface area contributed by atoms with Crippen LogP contribution in [0, 0.1) is 5.92 Å². The Balaban J connectivity index is 4.38. The summed E-state index contributed by atoms with van der Waals surface area (Å²) in [5.41, 5.74) is 0. The second-order valence-electron chi connectivity index (χ2n) is 4.34. The first kappa shape index (κ1) is 14.9. The second kappa shape index (κ2) is 6.45. The summed E-state index contributed by atoms with van der Waals surface area (Å²) in [6.07, 6.45) is 0. The van der Waals surface area contributed by atoms with Gasteiger partial charge in [0.15, 0.2) is 0 Å². The molecule has 5 heteroatoms. The minimum absolute atomic E-state index is 0.358. The summed E-state index contributed by atoms with van der Waals surface area (Å²) in [4.78, 5) is 0. The molecule has 4 nitrogen and oxygen atoms in total. The molecule has 0 fully saturated rings. The predicted octanol–water partition coefficient (Wildman–Crippen LogP) is 0.902. The summed E-state index contributed by atoms with van der Waals surface area (Å²) < 4.78 is 25.4. The molecular weight excluding hydrogens is 212 g/mol. The van der Waals surface area contributed by atoms with Crippen molar-refractivity contribution in [3.05, 3.63) is 0 Å². The Morgan fingerprint density at radius 3 is 2.20 bits per heavy atom. The van der Waals surface area contributed by atoms with Crippen LogP contribution in [0.15, 0.2) is 0 Å². The van der Waals surface area contributed by atoms with Crippen LogP contribution in [0.25, 0.3) is 0 Å². The van der Waals surface area contributed by atoms with E-state index in [1.165, 1.54) is 4.31 Å². The Morgan fingerprint density at radius 1 is 1.27 bits per heavy atom. The highest BCUT2D eigenvalue weighted by Gasteiger charge is 2.25. The van der Waals surface area contributed by atoms with Crippen molar-refractivity contribution in [1.82, 2.24) is 9.62 Å². The number of rotatable bonds is 7. The first-order valence-electron chi connectivity index (χ1n) is 5.48. The minimum atomic E-state index is -3.14. The summed E-state index contributed by atoms with van der Waals surface area (Å²) in [7, 11) is -1.48. The topological polar surface area (TPSA) is 49.4 Å². The van der Waals surface area contributed by atoms with Crippen LogP contribution in [-0.4, -0.2) is 44.7 Å². The molecule has 0 aliphatic rings. The van der Waals surface area contributed by atoms with Crippen molar-refractivity contribution >= 4 is 10.0 Å². The van der Waals surface area contributed by atoms with Gasteiger partial charge < -0.3 is 5.32 Å². The highest BCUT2D eigenvalue weighted by Crippen LogP contribution is 2.08. The van der Waals surface area contributed by atoms with E-state index in [1.54, 1.807) is 14.0 Å². The van der Waals surface area contributed by atoms with Gasteiger partial charge in [0.05, 0.1) is 5.25 Å². The molecule has 15 heavy (non-hydrogen) atoms. The fourth-order valence-corrected chi connectivity index (χ4v) is 2.83. The van der Waals surface area contributed by atoms with Gasteiger partial charge in [0.25, 0.3) is 0 Å². The third-order valence-corrected chi connectivity index (χ3v) is 4.45. The monoisotopic (exact) mass is 236 g/mol. The van der Waals surface area contributed by atoms with Crippen LogP contribution < -0.4 is 5.32 Å². The molecule has 0 radical (unpaired) electrons. The van der Waals surface area contributed by atoms with Gasteiger partial charge in [0.2, 0.25) is 10.0 Å². The van der Waals surface area contributed by atoms with E-state index in [2.05, 4.69) is 5.32 Å². The van der Waals surface area contributed by atoms with Crippen LogP contribution in [0.1, 0.15) is 27.7 Å².